The normalized spacial score (nSPS) is 18.6. The molecule has 1 amide bonds. The summed E-state index contributed by atoms with van der Waals surface area (Å²) in [5.41, 5.74) is 0.901. The molecule has 1 aliphatic rings. The maximum Gasteiger partial charge on any atom is 0.225 e. The van der Waals surface area contributed by atoms with E-state index in [0.717, 1.165) is 29.5 Å². The molecular formula is C21H29N3O. The molecule has 4 nitrogen and oxygen atoms in total. The van der Waals surface area contributed by atoms with E-state index in [1.54, 1.807) is 0 Å². The van der Waals surface area contributed by atoms with Crippen LogP contribution in [0.2, 0.25) is 0 Å². The number of piperidine rings is 1. The number of likely N-dealkylation sites (N-methyl/N-ethyl adjacent to an activating group) is 2. The first-order chi connectivity index (χ1) is 12.1. The van der Waals surface area contributed by atoms with E-state index in [9.17, 15) is 4.79 Å². The molecular weight excluding hydrogens is 310 g/mol. The van der Waals surface area contributed by atoms with Gasteiger partial charge < -0.3 is 15.1 Å². The molecule has 1 fully saturated rings. The number of likely N-dealkylation sites (tertiary alicyclic amines) is 1. The molecule has 1 N–H and O–H groups in total. The van der Waals surface area contributed by atoms with Crippen LogP contribution in [0, 0.1) is 0 Å². The van der Waals surface area contributed by atoms with Crippen LogP contribution in [0.3, 0.4) is 0 Å². The molecule has 1 atom stereocenters. The number of amides is 1. The molecule has 0 radical (unpaired) electrons. The van der Waals surface area contributed by atoms with Gasteiger partial charge in [0, 0.05) is 36.6 Å². The van der Waals surface area contributed by atoms with Crippen molar-refractivity contribution in [1.82, 2.24) is 9.80 Å². The molecule has 0 aromatic heterocycles. The van der Waals surface area contributed by atoms with Crippen molar-refractivity contribution < 1.29 is 4.79 Å². The standard InChI is InChI=1S/C21H29N3O/c1-23(16-18-10-5-6-14-24(18)2)15-13-21(25)22-20-12-7-9-17-8-3-4-11-19(17)20/h3-4,7-9,11-12,18H,5-6,10,13-16H2,1-2H3,(H,22,25)/t18-/m1/s1. The van der Waals surface area contributed by atoms with Gasteiger partial charge in [-0.2, -0.15) is 0 Å². The largest absolute Gasteiger partial charge is 0.325 e. The average molecular weight is 339 g/mol. The lowest BCUT2D eigenvalue weighted by Gasteiger charge is -2.35. The summed E-state index contributed by atoms with van der Waals surface area (Å²) >= 11 is 0. The zero-order chi connectivity index (χ0) is 17.6. The van der Waals surface area contributed by atoms with Gasteiger partial charge in [-0.1, -0.05) is 42.8 Å². The molecule has 0 aliphatic carbocycles. The molecule has 4 heteroatoms. The van der Waals surface area contributed by atoms with E-state index in [1.165, 1.54) is 25.8 Å². The van der Waals surface area contributed by atoms with Gasteiger partial charge in [0.25, 0.3) is 0 Å². The number of fused-ring (bicyclic) bond motifs is 1. The van der Waals surface area contributed by atoms with Gasteiger partial charge in [0.2, 0.25) is 5.91 Å². The topological polar surface area (TPSA) is 35.6 Å². The lowest BCUT2D eigenvalue weighted by Crippen LogP contribution is -2.44. The molecule has 0 unspecified atom stereocenters. The summed E-state index contributed by atoms with van der Waals surface area (Å²) in [5, 5.41) is 5.32. The Hall–Kier alpha value is -1.91. The molecule has 1 aliphatic heterocycles. The molecule has 2 aromatic rings. The van der Waals surface area contributed by atoms with Crippen molar-refractivity contribution in [1.29, 1.82) is 0 Å². The molecule has 25 heavy (non-hydrogen) atoms. The number of nitrogens with one attached hydrogen (secondary N) is 1. The van der Waals surface area contributed by atoms with Crippen molar-refractivity contribution in [2.24, 2.45) is 0 Å². The van der Waals surface area contributed by atoms with Crippen molar-refractivity contribution in [3.05, 3.63) is 42.5 Å². The number of hydrogen-bond acceptors (Lipinski definition) is 3. The van der Waals surface area contributed by atoms with E-state index in [-0.39, 0.29) is 5.91 Å². The first-order valence-corrected chi connectivity index (χ1v) is 9.30. The van der Waals surface area contributed by atoms with Crippen molar-refractivity contribution in [2.45, 2.75) is 31.7 Å². The fourth-order valence-corrected chi connectivity index (χ4v) is 3.67. The van der Waals surface area contributed by atoms with Gasteiger partial charge in [-0.15, -0.1) is 0 Å². The summed E-state index contributed by atoms with van der Waals surface area (Å²) < 4.78 is 0. The predicted molar refractivity (Wildman–Crippen MR) is 105 cm³/mol. The monoisotopic (exact) mass is 339 g/mol. The number of hydrogen-bond donors (Lipinski definition) is 1. The molecule has 0 spiro atoms. The van der Waals surface area contributed by atoms with Crippen molar-refractivity contribution >= 4 is 22.4 Å². The van der Waals surface area contributed by atoms with E-state index in [2.05, 4.69) is 47.4 Å². The van der Waals surface area contributed by atoms with Gasteiger partial charge in [0.1, 0.15) is 0 Å². The van der Waals surface area contributed by atoms with Gasteiger partial charge in [-0.25, -0.2) is 0 Å². The highest BCUT2D eigenvalue weighted by molar-refractivity contribution is 6.02. The van der Waals surface area contributed by atoms with Crippen molar-refractivity contribution in [3.63, 3.8) is 0 Å². The summed E-state index contributed by atoms with van der Waals surface area (Å²) in [6.45, 7) is 3.03. The highest BCUT2D eigenvalue weighted by Gasteiger charge is 2.20. The van der Waals surface area contributed by atoms with Crippen LogP contribution in [-0.4, -0.2) is 55.5 Å². The molecule has 0 bridgehead atoms. The van der Waals surface area contributed by atoms with Crippen LogP contribution in [0.5, 0.6) is 0 Å². The average Bonchev–Trinajstić information content (AvgIpc) is 2.62. The highest BCUT2D eigenvalue weighted by atomic mass is 16.1. The second-order valence-corrected chi connectivity index (χ2v) is 7.22. The summed E-state index contributed by atoms with van der Waals surface area (Å²) in [7, 11) is 4.33. The fourth-order valence-electron chi connectivity index (χ4n) is 3.67. The number of rotatable bonds is 6. The lowest BCUT2D eigenvalue weighted by atomic mass is 10.0. The van der Waals surface area contributed by atoms with Gasteiger partial charge in [-0.05, 0) is 44.9 Å². The Labute approximate surface area is 150 Å². The van der Waals surface area contributed by atoms with E-state index >= 15 is 0 Å². The number of nitrogens with zero attached hydrogens (tertiary/aromatic N) is 2. The lowest BCUT2D eigenvalue weighted by molar-refractivity contribution is -0.116. The summed E-state index contributed by atoms with van der Waals surface area (Å²) in [4.78, 5) is 17.1. The van der Waals surface area contributed by atoms with Gasteiger partial charge in [-0.3, -0.25) is 4.79 Å². The van der Waals surface area contributed by atoms with E-state index in [0.29, 0.717) is 12.5 Å². The summed E-state index contributed by atoms with van der Waals surface area (Å²) in [5.74, 6) is 0.0835. The zero-order valence-electron chi connectivity index (χ0n) is 15.4. The van der Waals surface area contributed by atoms with Crippen LogP contribution in [0.4, 0.5) is 5.69 Å². The zero-order valence-corrected chi connectivity index (χ0v) is 15.4. The van der Waals surface area contributed by atoms with Crippen LogP contribution in [0.15, 0.2) is 42.5 Å². The van der Waals surface area contributed by atoms with Crippen molar-refractivity contribution in [2.75, 3.05) is 39.0 Å². The number of carbonyl (C=O) groups is 1. The third-order valence-corrected chi connectivity index (χ3v) is 5.23. The Balaban J connectivity index is 1.50. The highest BCUT2D eigenvalue weighted by Crippen LogP contribution is 2.23. The Kier molecular flexibility index (Phi) is 6.05. The van der Waals surface area contributed by atoms with Crippen LogP contribution < -0.4 is 5.32 Å². The minimum absolute atomic E-state index is 0.0835. The quantitative estimate of drug-likeness (QED) is 0.874. The minimum atomic E-state index is 0.0835. The van der Waals surface area contributed by atoms with E-state index in [1.807, 2.05) is 24.3 Å². The maximum atomic E-state index is 12.4. The second kappa shape index (κ2) is 8.45. The molecule has 2 aromatic carbocycles. The van der Waals surface area contributed by atoms with Crippen LogP contribution >= 0.6 is 0 Å². The van der Waals surface area contributed by atoms with Gasteiger partial charge >= 0.3 is 0 Å². The molecule has 134 valence electrons. The molecule has 1 saturated heterocycles. The first-order valence-electron chi connectivity index (χ1n) is 9.30. The van der Waals surface area contributed by atoms with E-state index in [4.69, 9.17) is 0 Å². The molecule has 0 saturated carbocycles. The third-order valence-electron chi connectivity index (χ3n) is 5.23. The second-order valence-electron chi connectivity index (χ2n) is 7.22. The first kappa shape index (κ1) is 17.9. The number of carbonyl (C=O) groups excluding carboxylic acids is 1. The minimum Gasteiger partial charge on any atom is -0.325 e. The van der Waals surface area contributed by atoms with Crippen LogP contribution in [-0.2, 0) is 4.79 Å². The smallest absolute Gasteiger partial charge is 0.225 e. The Morgan fingerprint density at radius 3 is 2.84 bits per heavy atom. The number of benzene rings is 2. The Bertz CT molecular complexity index is 710. The fraction of sp³-hybridized carbons (Fsp3) is 0.476. The molecule has 1 heterocycles. The summed E-state index contributed by atoms with van der Waals surface area (Å²) in [6.07, 6.45) is 4.42. The van der Waals surface area contributed by atoms with Crippen LogP contribution in [0.25, 0.3) is 10.8 Å². The van der Waals surface area contributed by atoms with Crippen LogP contribution in [0.1, 0.15) is 25.7 Å². The Morgan fingerprint density at radius 1 is 1.20 bits per heavy atom. The summed E-state index contributed by atoms with van der Waals surface area (Å²) in [6, 6.07) is 14.8. The SMILES string of the molecule is CN(CCC(=O)Nc1cccc2ccccc12)C[C@H]1CCCCN1C. The third kappa shape index (κ3) is 4.80. The number of anilines is 1. The van der Waals surface area contributed by atoms with Gasteiger partial charge in [0.15, 0.2) is 0 Å². The Morgan fingerprint density at radius 2 is 2.00 bits per heavy atom. The van der Waals surface area contributed by atoms with Crippen molar-refractivity contribution in [3.8, 4) is 0 Å². The predicted octanol–water partition coefficient (Wildman–Crippen LogP) is 3.58. The maximum absolute atomic E-state index is 12.4. The molecule has 3 rings (SSSR count). The van der Waals surface area contributed by atoms with Gasteiger partial charge in [0.05, 0.1) is 0 Å². The van der Waals surface area contributed by atoms with E-state index < -0.39 is 0 Å².